The summed E-state index contributed by atoms with van der Waals surface area (Å²) in [5.74, 6) is -0.359. The van der Waals surface area contributed by atoms with Crippen LogP contribution in [0.3, 0.4) is 0 Å². The average molecular weight is 267 g/mol. The number of methoxy groups -OCH3 is 2. The van der Waals surface area contributed by atoms with Crippen molar-refractivity contribution in [1.82, 2.24) is 4.90 Å². The van der Waals surface area contributed by atoms with Crippen LogP contribution in [0.4, 0.5) is 0 Å². The molecule has 0 aromatic carbocycles. The maximum Gasteiger partial charge on any atom is 0.221 e. The maximum atomic E-state index is 10.7. The maximum absolute atomic E-state index is 10.7. The minimum atomic E-state index is -0.359. The predicted molar refractivity (Wildman–Crippen MR) is 73.5 cm³/mol. The molecule has 106 valence electrons. The Morgan fingerprint density at radius 1 is 1.47 bits per heavy atom. The lowest BCUT2D eigenvalue weighted by Crippen LogP contribution is -2.33. The van der Waals surface area contributed by atoms with Crippen molar-refractivity contribution in [1.29, 1.82) is 0 Å². The molecule has 1 rings (SSSR count). The molecule has 0 saturated carbocycles. The number of rotatable bonds is 7. The van der Waals surface area contributed by atoms with E-state index >= 15 is 0 Å². The van der Waals surface area contributed by atoms with Gasteiger partial charge in [-0.15, -0.1) is 0 Å². The van der Waals surface area contributed by atoms with E-state index < -0.39 is 0 Å². The lowest BCUT2D eigenvalue weighted by molar-refractivity contribution is -0.117. The van der Waals surface area contributed by atoms with E-state index in [0.29, 0.717) is 13.2 Å². The number of carbonyl (C=O) groups is 1. The van der Waals surface area contributed by atoms with Crippen molar-refractivity contribution < 1.29 is 14.3 Å². The first-order valence-corrected chi connectivity index (χ1v) is 6.07. The molecule has 2 N–H and O–H groups in total. The van der Waals surface area contributed by atoms with E-state index in [0.717, 1.165) is 11.4 Å². The van der Waals surface area contributed by atoms with Crippen molar-refractivity contribution >= 4 is 11.6 Å². The molecule has 0 radical (unpaired) electrons. The van der Waals surface area contributed by atoms with Crippen LogP contribution in [-0.4, -0.2) is 50.1 Å². The van der Waals surface area contributed by atoms with Crippen molar-refractivity contribution in [2.45, 2.75) is 19.5 Å². The van der Waals surface area contributed by atoms with E-state index in [9.17, 15) is 4.79 Å². The number of hydrogen-bond donors (Lipinski definition) is 1. The molecule has 0 bridgehead atoms. The van der Waals surface area contributed by atoms with Gasteiger partial charge in [-0.3, -0.25) is 9.79 Å². The van der Waals surface area contributed by atoms with Gasteiger partial charge in [-0.05, 0) is 13.0 Å². The van der Waals surface area contributed by atoms with E-state index in [4.69, 9.17) is 15.2 Å². The second-order valence-electron chi connectivity index (χ2n) is 4.22. The minimum Gasteiger partial charge on any atom is -0.378 e. The molecular weight excluding hydrogens is 246 g/mol. The number of aliphatic imine (C=N–C) groups is 1. The average Bonchev–Trinajstić information content (AvgIpc) is 2.33. The van der Waals surface area contributed by atoms with Gasteiger partial charge in [0.05, 0.1) is 18.9 Å². The molecule has 0 spiro atoms. The molecule has 19 heavy (non-hydrogen) atoms. The molecule has 1 unspecified atom stereocenters. The molecule has 1 aliphatic heterocycles. The molecule has 1 aliphatic rings. The molecule has 1 atom stereocenters. The van der Waals surface area contributed by atoms with E-state index in [1.807, 2.05) is 24.1 Å². The third kappa shape index (κ3) is 4.84. The van der Waals surface area contributed by atoms with Gasteiger partial charge in [0, 0.05) is 32.5 Å². The summed E-state index contributed by atoms with van der Waals surface area (Å²) in [6.07, 6.45) is 5.61. The molecule has 0 aliphatic carbocycles. The smallest absolute Gasteiger partial charge is 0.221 e. The van der Waals surface area contributed by atoms with Gasteiger partial charge in [-0.25, -0.2) is 0 Å². The summed E-state index contributed by atoms with van der Waals surface area (Å²) in [6.45, 7) is 2.90. The summed E-state index contributed by atoms with van der Waals surface area (Å²) in [5.41, 5.74) is 6.95. The van der Waals surface area contributed by atoms with Gasteiger partial charge >= 0.3 is 0 Å². The summed E-state index contributed by atoms with van der Waals surface area (Å²) in [5, 5.41) is 0. The Bertz CT molecular complexity index is 402. The van der Waals surface area contributed by atoms with Crippen molar-refractivity contribution in [3.05, 3.63) is 24.0 Å². The highest BCUT2D eigenvalue weighted by atomic mass is 16.5. The zero-order chi connectivity index (χ0) is 14.3. The fourth-order valence-electron chi connectivity index (χ4n) is 1.84. The molecule has 6 heteroatoms. The SMILES string of the molecule is COCC1=CC(COC)=NC(C)N1/C=C\CC(N)=O. The second kappa shape index (κ2) is 7.70. The van der Waals surface area contributed by atoms with E-state index in [1.54, 1.807) is 20.3 Å². The quantitative estimate of drug-likeness (QED) is 0.735. The monoisotopic (exact) mass is 267 g/mol. The minimum absolute atomic E-state index is 0.0653. The number of amides is 1. The van der Waals surface area contributed by atoms with Crippen LogP contribution in [0.2, 0.25) is 0 Å². The highest BCUT2D eigenvalue weighted by Gasteiger charge is 2.19. The Balaban J connectivity index is 2.82. The second-order valence-corrected chi connectivity index (χ2v) is 4.22. The Kier molecular flexibility index (Phi) is 6.24. The Morgan fingerprint density at radius 2 is 2.16 bits per heavy atom. The van der Waals surface area contributed by atoms with Gasteiger partial charge in [0.25, 0.3) is 0 Å². The summed E-state index contributed by atoms with van der Waals surface area (Å²) in [7, 11) is 3.27. The first-order valence-electron chi connectivity index (χ1n) is 6.07. The van der Waals surface area contributed by atoms with Crippen LogP contribution in [0.25, 0.3) is 0 Å². The van der Waals surface area contributed by atoms with Gasteiger partial charge in [0.1, 0.15) is 6.17 Å². The van der Waals surface area contributed by atoms with E-state index in [1.165, 1.54) is 0 Å². The number of nitrogens with two attached hydrogens (primary N) is 1. The summed E-state index contributed by atoms with van der Waals surface area (Å²) < 4.78 is 10.3. The zero-order valence-corrected chi connectivity index (χ0v) is 11.6. The summed E-state index contributed by atoms with van der Waals surface area (Å²) in [6, 6.07) is 0. The largest absolute Gasteiger partial charge is 0.378 e. The Morgan fingerprint density at radius 3 is 2.74 bits per heavy atom. The van der Waals surface area contributed by atoms with Crippen LogP contribution in [0.5, 0.6) is 0 Å². The molecule has 0 aromatic rings. The van der Waals surface area contributed by atoms with Gasteiger partial charge in [0.2, 0.25) is 5.91 Å². The van der Waals surface area contributed by atoms with Crippen LogP contribution in [0.1, 0.15) is 13.3 Å². The van der Waals surface area contributed by atoms with Crippen LogP contribution in [0.15, 0.2) is 29.0 Å². The van der Waals surface area contributed by atoms with Gasteiger partial charge in [-0.2, -0.15) is 0 Å². The third-order valence-corrected chi connectivity index (χ3v) is 2.59. The van der Waals surface area contributed by atoms with E-state index in [-0.39, 0.29) is 18.5 Å². The molecule has 1 amide bonds. The number of carbonyl (C=O) groups excluding carboxylic acids is 1. The van der Waals surface area contributed by atoms with E-state index in [2.05, 4.69) is 4.99 Å². The van der Waals surface area contributed by atoms with Crippen molar-refractivity contribution in [3.63, 3.8) is 0 Å². The van der Waals surface area contributed by atoms with Crippen LogP contribution < -0.4 is 5.73 Å². The molecule has 0 fully saturated rings. The number of ether oxygens (including phenoxy) is 2. The fourth-order valence-corrected chi connectivity index (χ4v) is 1.84. The predicted octanol–water partition coefficient (Wildman–Crippen LogP) is 0.655. The normalized spacial score (nSPS) is 19.5. The molecule has 1 heterocycles. The topological polar surface area (TPSA) is 77.2 Å². The molecule has 0 aromatic heterocycles. The van der Waals surface area contributed by atoms with Gasteiger partial charge in [-0.1, -0.05) is 6.08 Å². The Labute approximate surface area is 113 Å². The zero-order valence-electron chi connectivity index (χ0n) is 11.6. The summed E-state index contributed by atoms with van der Waals surface area (Å²) >= 11 is 0. The lowest BCUT2D eigenvalue weighted by Gasteiger charge is -2.31. The number of nitrogens with zero attached hydrogens (tertiary/aromatic N) is 2. The highest BCUT2D eigenvalue weighted by Crippen LogP contribution is 2.17. The fraction of sp³-hybridized carbons (Fsp3) is 0.538. The highest BCUT2D eigenvalue weighted by molar-refractivity contribution is 5.97. The standard InChI is InChI=1S/C13H21N3O3/c1-10-15-11(8-18-2)7-12(9-19-3)16(10)6-4-5-13(14)17/h4,6-7,10H,5,8-9H2,1-3H3,(H2,14,17)/b6-4-. The van der Waals surface area contributed by atoms with Crippen molar-refractivity contribution in [2.75, 3.05) is 27.4 Å². The van der Waals surface area contributed by atoms with Crippen LogP contribution >= 0.6 is 0 Å². The van der Waals surface area contributed by atoms with Crippen LogP contribution in [-0.2, 0) is 14.3 Å². The number of primary amides is 1. The first-order chi connectivity index (χ1) is 9.08. The van der Waals surface area contributed by atoms with Crippen LogP contribution in [0, 0.1) is 0 Å². The first kappa shape index (κ1) is 15.4. The van der Waals surface area contributed by atoms with Crippen molar-refractivity contribution in [3.8, 4) is 0 Å². The lowest BCUT2D eigenvalue weighted by atomic mass is 10.2. The Hall–Kier alpha value is -1.66. The third-order valence-electron chi connectivity index (χ3n) is 2.59. The summed E-state index contributed by atoms with van der Waals surface area (Å²) in [4.78, 5) is 17.2. The number of hydrogen-bond acceptors (Lipinski definition) is 5. The molecule has 0 saturated heterocycles. The molecule has 6 nitrogen and oxygen atoms in total. The molecular formula is C13H21N3O3. The van der Waals surface area contributed by atoms with Gasteiger partial charge < -0.3 is 20.1 Å². The van der Waals surface area contributed by atoms with Gasteiger partial charge in [0.15, 0.2) is 0 Å². The van der Waals surface area contributed by atoms with Crippen molar-refractivity contribution in [2.24, 2.45) is 10.7 Å².